The zero-order chi connectivity index (χ0) is 27.0. The number of rotatable bonds is 4. The summed E-state index contributed by atoms with van der Waals surface area (Å²) in [5.41, 5.74) is 0.211. The van der Waals surface area contributed by atoms with Crippen LogP contribution < -0.4 is 9.80 Å². The van der Waals surface area contributed by atoms with Gasteiger partial charge >= 0.3 is 12.1 Å². The quantitative estimate of drug-likeness (QED) is 0.431. The summed E-state index contributed by atoms with van der Waals surface area (Å²) in [7, 11) is 0. The Bertz CT molecular complexity index is 1370. The van der Waals surface area contributed by atoms with Gasteiger partial charge in [-0.2, -0.15) is 13.2 Å². The van der Waals surface area contributed by atoms with Crippen molar-refractivity contribution in [1.29, 1.82) is 0 Å². The Balaban J connectivity index is 1.56. The lowest BCUT2D eigenvalue weighted by Crippen LogP contribution is -2.55. The van der Waals surface area contributed by atoms with E-state index >= 15 is 4.39 Å². The standard InChI is InChI=1S/C27H23F5N4O2/c28-18-7-9-19(10-8-18)34-11-13-35(14-12-34)26-33-22-6-2-5-21(29)25(22)23(16-24(37)38)36(26)20-4-1-3-17(15-20)27(30,31)32/h1-10,15,23H,11-14,16H2,(H,37,38). The SMILES string of the molecule is O=C(O)CC1c2c(F)cccc2N=C(N2CCN(c3ccc(F)cc3)CC2)N1c1cccc(C(F)(F)F)c1. The van der Waals surface area contributed by atoms with E-state index in [9.17, 15) is 27.5 Å². The van der Waals surface area contributed by atoms with Crippen LogP contribution in [0.3, 0.4) is 0 Å². The van der Waals surface area contributed by atoms with Gasteiger partial charge in [-0.15, -0.1) is 0 Å². The Hall–Kier alpha value is -4.15. The van der Waals surface area contributed by atoms with Gasteiger partial charge in [-0.3, -0.25) is 4.79 Å². The summed E-state index contributed by atoms with van der Waals surface area (Å²) in [4.78, 5) is 21.8. The zero-order valence-electron chi connectivity index (χ0n) is 20.0. The Morgan fingerprint density at radius 3 is 2.21 bits per heavy atom. The van der Waals surface area contributed by atoms with E-state index < -0.39 is 36.0 Å². The minimum atomic E-state index is -4.63. The smallest absolute Gasteiger partial charge is 0.416 e. The van der Waals surface area contributed by atoms with Crippen LogP contribution in [0.15, 0.2) is 71.7 Å². The molecule has 0 spiro atoms. The molecule has 1 saturated heterocycles. The molecule has 5 rings (SSSR count). The van der Waals surface area contributed by atoms with Crippen molar-refractivity contribution in [3.8, 4) is 0 Å². The van der Waals surface area contributed by atoms with Gasteiger partial charge in [0.2, 0.25) is 5.96 Å². The Labute approximate surface area is 215 Å². The van der Waals surface area contributed by atoms with Gasteiger partial charge in [-0.1, -0.05) is 12.1 Å². The molecule has 38 heavy (non-hydrogen) atoms. The first kappa shape index (κ1) is 25.5. The molecule has 0 amide bonds. The van der Waals surface area contributed by atoms with E-state index in [1.54, 1.807) is 18.2 Å². The van der Waals surface area contributed by atoms with Crippen molar-refractivity contribution >= 4 is 29.0 Å². The number of hydrogen-bond donors (Lipinski definition) is 1. The third kappa shape index (κ3) is 5.00. The van der Waals surface area contributed by atoms with Crippen LogP contribution in [0.4, 0.5) is 39.0 Å². The lowest BCUT2D eigenvalue weighted by Gasteiger charge is -2.45. The number of anilines is 2. The van der Waals surface area contributed by atoms with Crippen LogP contribution in [0.2, 0.25) is 0 Å². The van der Waals surface area contributed by atoms with Crippen LogP contribution in [-0.4, -0.2) is 48.1 Å². The van der Waals surface area contributed by atoms with E-state index in [0.717, 1.165) is 17.8 Å². The van der Waals surface area contributed by atoms with Crippen molar-refractivity contribution in [1.82, 2.24) is 4.90 Å². The van der Waals surface area contributed by atoms with E-state index in [1.807, 2.05) is 9.80 Å². The largest absolute Gasteiger partial charge is 0.481 e. The van der Waals surface area contributed by atoms with Crippen molar-refractivity contribution in [2.75, 3.05) is 36.0 Å². The minimum Gasteiger partial charge on any atom is -0.481 e. The van der Waals surface area contributed by atoms with Crippen LogP contribution in [0.25, 0.3) is 0 Å². The molecule has 3 aromatic rings. The number of benzene rings is 3. The van der Waals surface area contributed by atoms with Gasteiger partial charge in [0, 0.05) is 43.1 Å². The molecule has 0 aromatic heterocycles. The van der Waals surface area contributed by atoms with Crippen LogP contribution in [-0.2, 0) is 11.0 Å². The summed E-state index contributed by atoms with van der Waals surface area (Å²) < 4.78 is 69.2. The summed E-state index contributed by atoms with van der Waals surface area (Å²) >= 11 is 0. The number of alkyl halides is 3. The second-order valence-corrected chi connectivity index (χ2v) is 9.07. The van der Waals surface area contributed by atoms with Crippen molar-refractivity contribution in [2.24, 2.45) is 4.99 Å². The van der Waals surface area contributed by atoms with Gasteiger partial charge in [-0.05, 0) is 54.6 Å². The van der Waals surface area contributed by atoms with Crippen molar-refractivity contribution in [3.63, 3.8) is 0 Å². The number of carboxylic acids is 1. The molecule has 2 aliphatic heterocycles. The van der Waals surface area contributed by atoms with Crippen molar-refractivity contribution in [2.45, 2.75) is 18.6 Å². The molecule has 2 heterocycles. The first-order valence-electron chi connectivity index (χ1n) is 11.9. The number of carboxylic acid groups (broad SMARTS) is 1. The number of hydrogen-bond acceptors (Lipinski definition) is 5. The fourth-order valence-corrected chi connectivity index (χ4v) is 4.91. The first-order valence-corrected chi connectivity index (χ1v) is 11.9. The average Bonchev–Trinajstić information content (AvgIpc) is 2.88. The second-order valence-electron chi connectivity index (χ2n) is 9.07. The second kappa shape index (κ2) is 9.96. The molecule has 0 radical (unpaired) electrons. The molecule has 6 nitrogen and oxygen atoms in total. The van der Waals surface area contributed by atoms with Crippen LogP contribution in [0, 0.1) is 11.6 Å². The van der Waals surface area contributed by atoms with E-state index in [0.29, 0.717) is 26.2 Å². The molecule has 198 valence electrons. The fraction of sp³-hybridized carbons (Fsp3) is 0.259. The summed E-state index contributed by atoms with van der Waals surface area (Å²) in [5, 5.41) is 9.69. The lowest BCUT2D eigenvalue weighted by atomic mass is 9.96. The number of aliphatic carboxylic acids is 1. The van der Waals surface area contributed by atoms with E-state index in [1.165, 1.54) is 41.3 Å². The molecule has 0 aliphatic carbocycles. The summed E-state index contributed by atoms with van der Waals surface area (Å²) in [6.45, 7) is 1.80. The average molecular weight is 530 g/mol. The zero-order valence-corrected chi connectivity index (χ0v) is 20.0. The van der Waals surface area contributed by atoms with Crippen LogP contribution >= 0.6 is 0 Å². The maximum Gasteiger partial charge on any atom is 0.416 e. The molecule has 3 aromatic carbocycles. The van der Waals surface area contributed by atoms with E-state index in [4.69, 9.17) is 0 Å². The number of nitrogens with zero attached hydrogens (tertiary/aromatic N) is 4. The number of halogens is 5. The maximum atomic E-state index is 15.1. The highest BCUT2D eigenvalue weighted by atomic mass is 19.4. The molecule has 11 heteroatoms. The Morgan fingerprint density at radius 2 is 1.55 bits per heavy atom. The lowest BCUT2D eigenvalue weighted by molar-refractivity contribution is -0.138. The van der Waals surface area contributed by atoms with E-state index in [2.05, 4.69) is 4.99 Å². The number of fused-ring (bicyclic) bond motifs is 1. The number of piperazine rings is 1. The third-order valence-electron chi connectivity index (χ3n) is 6.68. The predicted molar refractivity (Wildman–Crippen MR) is 133 cm³/mol. The highest BCUT2D eigenvalue weighted by molar-refractivity contribution is 6.01. The molecule has 1 fully saturated rings. The third-order valence-corrected chi connectivity index (χ3v) is 6.68. The highest BCUT2D eigenvalue weighted by Crippen LogP contribution is 2.43. The van der Waals surface area contributed by atoms with Crippen LogP contribution in [0.5, 0.6) is 0 Å². The van der Waals surface area contributed by atoms with Gasteiger partial charge in [0.1, 0.15) is 11.6 Å². The van der Waals surface area contributed by atoms with Crippen LogP contribution in [0.1, 0.15) is 23.6 Å². The van der Waals surface area contributed by atoms with Crippen molar-refractivity contribution in [3.05, 3.63) is 89.5 Å². The fourth-order valence-electron chi connectivity index (χ4n) is 4.91. The molecule has 2 aliphatic rings. The first-order chi connectivity index (χ1) is 18.1. The van der Waals surface area contributed by atoms with Gasteiger partial charge < -0.3 is 19.8 Å². The highest BCUT2D eigenvalue weighted by Gasteiger charge is 2.39. The molecular formula is C27H23F5N4O2. The topological polar surface area (TPSA) is 59.4 Å². The normalized spacial score (nSPS) is 17.8. The molecule has 1 atom stereocenters. The monoisotopic (exact) mass is 530 g/mol. The number of guanidine groups is 1. The van der Waals surface area contributed by atoms with Gasteiger partial charge in [-0.25, -0.2) is 13.8 Å². The Kier molecular flexibility index (Phi) is 6.68. The summed E-state index contributed by atoms with van der Waals surface area (Å²) in [6.07, 6.45) is -5.19. The van der Waals surface area contributed by atoms with Gasteiger partial charge in [0.25, 0.3) is 0 Å². The van der Waals surface area contributed by atoms with Gasteiger partial charge in [0.15, 0.2) is 0 Å². The number of aliphatic imine (C=N–C) groups is 1. The molecule has 0 saturated carbocycles. The molecular weight excluding hydrogens is 507 g/mol. The maximum absolute atomic E-state index is 15.1. The van der Waals surface area contributed by atoms with Gasteiger partial charge in [0.05, 0.1) is 23.7 Å². The van der Waals surface area contributed by atoms with E-state index in [-0.39, 0.29) is 28.7 Å². The predicted octanol–water partition coefficient (Wildman–Crippen LogP) is 5.83. The summed E-state index contributed by atoms with van der Waals surface area (Å²) in [5.74, 6) is -2.03. The molecule has 1 N–H and O–H groups in total. The Morgan fingerprint density at radius 1 is 0.895 bits per heavy atom. The molecule has 1 unspecified atom stereocenters. The summed E-state index contributed by atoms with van der Waals surface area (Å²) in [6, 6.07) is 13.6. The number of carbonyl (C=O) groups is 1. The van der Waals surface area contributed by atoms with Crippen molar-refractivity contribution < 1.29 is 31.9 Å². The molecule has 0 bridgehead atoms. The minimum absolute atomic E-state index is 0.0148.